The Labute approximate surface area is 190 Å². The smallest absolute Gasteiger partial charge is 0.251 e. The van der Waals surface area contributed by atoms with Crippen molar-refractivity contribution in [3.8, 4) is 0 Å². The van der Waals surface area contributed by atoms with Crippen molar-refractivity contribution in [1.82, 2.24) is 8.87 Å². The molecule has 2 heterocycles. The van der Waals surface area contributed by atoms with Crippen molar-refractivity contribution in [3.05, 3.63) is 53.3 Å². The molecule has 1 saturated heterocycles. The lowest BCUT2D eigenvalue weighted by Crippen LogP contribution is -2.40. The van der Waals surface area contributed by atoms with E-state index in [1.807, 2.05) is 35.9 Å². The molecule has 0 saturated carbocycles. The molecule has 0 radical (unpaired) electrons. The topological polar surface area (TPSA) is 106 Å². The third-order valence-corrected chi connectivity index (χ3v) is 9.77. The van der Waals surface area contributed by atoms with E-state index in [-0.39, 0.29) is 34.7 Å². The van der Waals surface area contributed by atoms with E-state index in [0.29, 0.717) is 17.6 Å². The molecule has 1 fully saturated rings. The van der Waals surface area contributed by atoms with E-state index in [0.717, 1.165) is 16.5 Å². The van der Waals surface area contributed by atoms with Gasteiger partial charge in [0, 0.05) is 32.3 Å². The lowest BCUT2D eigenvalue weighted by Gasteiger charge is -2.29. The molecule has 32 heavy (non-hydrogen) atoms. The number of aryl methyl sites for hydroxylation is 1. The van der Waals surface area contributed by atoms with Gasteiger partial charge in [-0.2, -0.15) is 9.30 Å². The molecule has 0 N–H and O–H groups in total. The zero-order valence-electron chi connectivity index (χ0n) is 17.6. The number of aromatic nitrogens is 1. The molecule has 11 heteroatoms. The van der Waals surface area contributed by atoms with Crippen molar-refractivity contribution in [2.45, 2.75) is 22.6 Å². The highest BCUT2D eigenvalue weighted by molar-refractivity contribution is 7.90. The van der Waals surface area contributed by atoms with E-state index in [1.54, 1.807) is 0 Å². The summed E-state index contributed by atoms with van der Waals surface area (Å²) in [6.07, 6.45) is 1.84. The van der Waals surface area contributed by atoms with E-state index in [9.17, 15) is 21.6 Å². The van der Waals surface area contributed by atoms with E-state index in [2.05, 4.69) is 4.99 Å². The molecular weight excluding hydrogens is 470 g/mol. The number of carbonyl (C=O) groups excluding carboxylic acids is 1. The first-order chi connectivity index (χ1) is 15.1. The van der Waals surface area contributed by atoms with Crippen molar-refractivity contribution < 1.29 is 21.6 Å². The van der Waals surface area contributed by atoms with Crippen LogP contribution in [0, 0.1) is 5.92 Å². The number of nitrogens with zero attached hydrogens (tertiary/aromatic N) is 3. The van der Waals surface area contributed by atoms with Crippen LogP contribution in [0.4, 0.5) is 0 Å². The highest BCUT2D eigenvalue weighted by Gasteiger charge is 2.32. The molecule has 1 aliphatic heterocycles. The summed E-state index contributed by atoms with van der Waals surface area (Å²) in [6.45, 7) is 0.418. The molecule has 4 rings (SSSR count). The minimum Gasteiger partial charge on any atom is -0.319 e. The van der Waals surface area contributed by atoms with E-state index >= 15 is 0 Å². The highest BCUT2D eigenvalue weighted by Crippen LogP contribution is 2.25. The molecule has 0 atom stereocenters. The number of fused-ring (bicyclic) bond motifs is 1. The maximum absolute atomic E-state index is 12.9. The fraction of sp³-hybridized carbons (Fsp3) is 0.333. The minimum atomic E-state index is -3.76. The van der Waals surface area contributed by atoms with Crippen molar-refractivity contribution in [3.63, 3.8) is 0 Å². The fourth-order valence-corrected chi connectivity index (χ4v) is 6.85. The number of hydrogen-bond donors (Lipinski definition) is 0. The average Bonchev–Trinajstić information content (AvgIpc) is 3.08. The number of piperidine rings is 1. The molecule has 1 aliphatic rings. The average molecular weight is 494 g/mol. The van der Waals surface area contributed by atoms with Gasteiger partial charge in [-0.3, -0.25) is 4.79 Å². The predicted molar refractivity (Wildman–Crippen MR) is 122 cm³/mol. The van der Waals surface area contributed by atoms with Crippen LogP contribution in [0.1, 0.15) is 12.8 Å². The van der Waals surface area contributed by atoms with Crippen LogP contribution in [-0.2, 0) is 31.7 Å². The second-order valence-corrected chi connectivity index (χ2v) is 12.7. The summed E-state index contributed by atoms with van der Waals surface area (Å²) in [5.41, 5.74) is 1.01. The number of para-hydroxylation sites is 1. The third kappa shape index (κ3) is 4.42. The summed E-state index contributed by atoms with van der Waals surface area (Å²) in [6, 6.07) is 13.0. The summed E-state index contributed by atoms with van der Waals surface area (Å²) in [5, 5.41) is 0. The maximum atomic E-state index is 12.9. The zero-order valence-corrected chi connectivity index (χ0v) is 20.1. The number of sulfone groups is 1. The van der Waals surface area contributed by atoms with Gasteiger partial charge in [-0.1, -0.05) is 23.5 Å². The van der Waals surface area contributed by atoms with Crippen LogP contribution in [-0.4, -0.2) is 51.0 Å². The Hall–Kier alpha value is -2.34. The SMILES string of the molecule is Cn1c(=NC(=O)C2CCN(S(=O)(=O)c3ccc(S(C)(=O)=O)cc3)CC2)sc2ccccc21. The Kier molecular flexibility index (Phi) is 6.10. The molecule has 0 aliphatic carbocycles. The van der Waals surface area contributed by atoms with Gasteiger partial charge in [0.25, 0.3) is 5.91 Å². The lowest BCUT2D eigenvalue weighted by atomic mass is 9.98. The van der Waals surface area contributed by atoms with Crippen molar-refractivity contribution in [2.24, 2.45) is 18.0 Å². The van der Waals surface area contributed by atoms with Crippen LogP contribution in [0.3, 0.4) is 0 Å². The molecule has 0 spiro atoms. The summed E-state index contributed by atoms with van der Waals surface area (Å²) in [4.78, 5) is 17.8. The summed E-state index contributed by atoms with van der Waals surface area (Å²) < 4.78 is 53.3. The van der Waals surface area contributed by atoms with Gasteiger partial charge >= 0.3 is 0 Å². The van der Waals surface area contributed by atoms with Gasteiger partial charge in [0.1, 0.15) is 0 Å². The quantitative estimate of drug-likeness (QED) is 0.554. The molecule has 8 nitrogen and oxygen atoms in total. The lowest BCUT2D eigenvalue weighted by molar-refractivity contribution is -0.122. The first-order valence-electron chi connectivity index (χ1n) is 10.0. The molecular formula is C21H23N3O5S3. The van der Waals surface area contributed by atoms with E-state index in [1.165, 1.54) is 39.9 Å². The normalized spacial score (nSPS) is 17.1. The van der Waals surface area contributed by atoms with Gasteiger partial charge in [-0.25, -0.2) is 16.8 Å². The molecule has 0 bridgehead atoms. The summed E-state index contributed by atoms with van der Waals surface area (Å²) in [5.74, 6) is -0.569. The largest absolute Gasteiger partial charge is 0.319 e. The predicted octanol–water partition coefficient (Wildman–Crippen LogP) is 2.17. The summed E-state index contributed by atoms with van der Waals surface area (Å²) >= 11 is 1.45. The number of benzene rings is 2. The van der Waals surface area contributed by atoms with Crippen LogP contribution in [0.2, 0.25) is 0 Å². The Morgan fingerprint density at radius 3 is 2.16 bits per heavy atom. The minimum absolute atomic E-state index is 0.0386. The molecule has 3 aromatic rings. The fourth-order valence-electron chi connectivity index (χ4n) is 3.72. The number of amides is 1. The van der Waals surface area contributed by atoms with Gasteiger partial charge in [0.05, 0.1) is 20.0 Å². The van der Waals surface area contributed by atoms with Crippen molar-refractivity contribution in [2.75, 3.05) is 19.3 Å². The van der Waals surface area contributed by atoms with Crippen LogP contribution >= 0.6 is 11.3 Å². The molecule has 170 valence electrons. The van der Waals surface area contributed by atoms with E-state index in [4.69, 9.17) is 0 Å². The number of thiazole rings is 1. The Morgan fingerprint density at radius 2 is 1.56 bits per heavy atom. The van der Waals surface area contributed by atoms with Crippen LogP contribution in [0.15, 0.2) is 63.3 Å². The van der Waals surface area contributed by atoms with Crippen LogP contribution in [0.25, 0.3) is 10.2 Å². The molecule has 1 amide bonds. The Morgan fingerprint density at radius 1 is 0.969 bits per heavy atom. The maximum Gasteiger partial charge on any atom is 0.251 e. The van der Waals surface area contributed by atoms with Crippen LogP contribution < -0.4 is 4.80 Å². The highest BCUT2D eigenvalue weighted by atomic mass is 32.2. The van der Waals surface area contributed by atoms with Crippen molar-refractivity contribution >= 4 is 47.3 Å². The van der Waals surface area contributed by atoms with Gasteiger partial charge < -0.3 is 4.57 Å². The van der Waals surface area contributed by atoms with Gasteiger partial charge in [0.15, 0.2) is 14.6 Å². The van der Waals surface area contributed by atoms with Gasteiger partial charge in [0.2, 0.25) is 10.0 Å². The molecule has 0 unspecified atom stereocenters. The Bertz CT molecular complexity index is 1440. The van der Waals surface area contributed by atoms with Gasteiger partial charge in [-0.15, -0.1) is 0 Å². The number of carbonyl (C=O) groups is 1. The molecule has 1 aromatic heterocycles. The second-order valence-electron chi connectivity index (χ2n) is 7.78. The monoisotopic (exact) mass is 493 g/mol. The first kappa shape index (κ1) is 22.8. The molecule has 2 aromatic carbocycles. The van der Waals surface area contributed by atoms with E-state index < -0.39 is 19.9 Å². The Balaban J connectivity index is 1.47. The third-order valence-electron chi connectivity index (χ3n) is 5.61. The van der Waals surface area contributed by atoms with Gasteiger partial charge in [-0.05, 0) is 49.2 Å². The zero-order chi connectivity index (χ0) is 23.1. The van der Waals surface area contributed by atoms with Crippen molar-refractivity contribution in [1.29, 1.82) is 0 Å². The second kappa shape index (κ2) is 8.54. The number of rotatable bonds is 4. The standard InChI is InChI=1S/C21H23N3O5S3/c1-23-18-5-3-4-6-19(18)30-21(23)22-20(25)15-11-13-24(14-12-15)32(28,29)17-9-7-16(8-10-17)31(2,26)27/h3-10,15H,11-14H2,1-2H3. The number of sulfonamides is 1. The first-order valence-corrected chi connectivity index (χ1v) is 14.2. The van der Waals surface area contributed by atoms with Crippen LogP contribution in [0.5, 0.6) is 0 Å². The number of hydrogen-bond acceptors (Lipinski definition) is 6. The summed E-state index contributed by atoms with van der Waals surface area (Å²) in [7, 11) is -5.29.